The molecule has 0 N–H and O–H groups in total. The molecule has 3 rings (SSSR count). The number of anilines is 1. The first-order valence-corrected chi connectivity index (χ1v) is 6.13. The fourth-order valence-corrected chi connectivity index (χ4v) is 2.32. The van der Waals surface area contributed by atoms with Crippen LogP contribution in [0.3, 0.4) is 0 Å². The Kier molecular flexibility index (Phi) is 2.92. The van der Waals surface area contributed by atoms with Crippen LogP contribution >= 0.6 is 0 Å². The van der Waals surface area contributed by atoms with Crippen LogP contribution < -0.4 is 4.90 Å². The van der Waals surface area contributed by atoms with Gasteiger partial charge in [0.1, 0.15) is 6.33 Å². The van der Waals surface area contributed by atoms with E-state index in [0.29, 0.717) is 11.7 Å². The van der Waals surface area contributed by atoms with Gasteiger partial charge in [-0.1, -0.05) is 5.16 Å². The Morgan fingerprint density at radius 3 is 2.56 bits per heavy atom. The molecule has 1 aliphatic rings. The number of aryl methyl sites for hydroxylation is 1. The number of hydrogen-bond acceptors (Lipinski definition) is 6. The van der Waals surface area contributed by atoms with E-state index in [-0.39, 0.29) is 0 Å². The Balaban J connectivity index is 1.65. The molecule has 2 aromatic rings. The zero-order valence-corrected chi connectivity index (χ0v) is 10.3. The Morgan fingerprint density at radius 1 is 1.22 bits per heavy atom. The SMILES string of the molecule is Cc1noc(C2CCN(c3cncnc3)CC2)n1. The lowest BCUT2D eigenvalue weighted by Crippen LogP contribution is -2.33. The zero-order chi connectivity index (χ0) is 12.4. The Bertz CT molecular complexity index is 504. The molecule has 1 aliphatic heterocycles. The van der Waals surface area contributed by atoms with Gasteiger partial charge in [-0.25, -0.2) is 9.97 Å². The summed E-state index contributed by atoms with van der Waals surface area (Å²) < 4.78 is 5.24. The van der Waals surface area contributed by atoms with Crippen molar-refractivity contribution in [1.82, 2.24) is 20.1 Å². The van der Waals surface area contributed by atoms with Gasteiger partial charge in [0.15, 0.2) is 5.82 Å². The fourth-order valence-electron chi connectivity index (χ4n) is 2.32. The summed E-state index contributed by atoms with van der Waals surface area (Å²) in [6, 6.07) is 0. The molecule has 3 heterocycles. The largest absolute Gasteiger partial charge is 0.369 e. The Hall–Kier alpha value is -1.98. The van der Waals surface area contributed by atoms with Gasteiger partial charge in [0.05, 0.1) is 18.1 Å². The average Bonchev–Trinajstić information content (AvgIpc) is 2.87. The number of piperidine rings is 1. The molecule has 94 valence electrons. The molecule has 0 atom stereocenters. The highest BCUT2D eigenvalue weighted by Crippen LogP contribution is 2.28. The van der Waals surface area contributed by atoms with Crippen LogP contribution in [-0.4, -0.2) is 33.2 Å². The minimum Gasteiger partial charge on any atom is -0.369 e. The molecule has 0 aliphatic carbocycles. The monoisotopic (exact) mass is 245 g/mol. The van der Waals surface area contributed by atoms with Gasteiger partial charge in [-0.2, -0.15) is 4.98 Å². The minimum absolute atomic E-state index is 0.382. The van der Waals surface area contributed by atoms with Crippen molar-refractivity contribution in [3.63, 3.8) is 0 Å². The molecular formula is C12H15N5O. The highest BCUT2D eigenvalue weighted by molar-refractivity contribution is 5.41. The van der Waals surface area contributed by atoms with Crippen molar-refractivity contribution in [3.05, 3.63) is 30.4 Å². The lowest BCUT2D eigenvalue weighted by Gasteiger charge is -2.31. The molecule has 18 heavy (non-hydrogen) atoms. The predicted molar refractivity (Wildman–Crippen MR) is 65.3 cm³/mol. The summed E-state index contributed by atoms with van der Waals surface area (Å²) in [5, 5.41) is 3.85. The maximum atomic E-state index is 5.24. The summed E-state index contributed by atoms with van der Waals surface area (Å²) >= 11 is 0. The van der Waals surface area contributed by atoms with Crippen LogP contribution in [0.1, 0.15) is 30.5 Å². The van der Waals surface area contributed by atoms with Crippen molar-refractivity contribution in [3.8, 4) is 0 Å². The number of hydrogen-bond donors (Lipinski definition) is 0. The molecule has 2 aromatic heterocycles. The van der Waals surface area contributed by atoms with E-state index in [4.69, 9.17) is 4.52 Å². The summed E-state index contributed by atoms with van der Waals surface area (Å²) in [4.78, 5) is 14.7. The first-order valence-electron chi connectivity index (χ1n) is 6.13. The van der Waals surface area contributed by atoms with Crippen molar-refractivity contribution < 1.29 is 4.52 Å². The number of rotatable bonds is 2. The van der Waals surface area contributed by atoms with E-state index in [0.717, 1.165) is 37.5 Å². The van der Waals surface area contributed by atoms with E-state index in [9.17, 15) is 0 Å². The van der Waals surface area contributed by atoms with Crippen LogP contribution in [0.4, 0.5) is 5.69 Å². The van der Waals surface area contributed by atoms with E-state index in [1.54, 1.807) is 6.33 Å². The molecule has 6 heteroatoms. The molecule has 0 bridgehead atoms. The summed E-state index contributed by atoms with van der Waals surface area (Å²) in [5.41, 5.74) is 1.08. The van der Waals surface area contributed by atoms with E-state index in [1.165, 1.54) is 0 Å². The molecule has 1 fully saturated rings. The van der Waals surface area contributed by atoms with Gasteiger partial charge >= 0.3 is 0 Å². The summed E-state index contributed by atoms with van der Waals surface area (Å²) in [7, 11) is 0. The van der Waals surface area contributed by atoms with Crippen LogP contribution in [0.15, 0.2) is 23.2 Å². The average molecular weight is 245 g/mol. The fraction of sp³-hybridized carbons (Fsp3) is 0.500. The van der Waals surface area contributed by atoms with E-state index in [1.807, 2.05) is 19.3 Å². The van der Waals surface area contributed by atoms with Gasteiger partial charge in [-0.3, -0.25) is 0 Å². The molecule has 0 spiro atoms. The third-order valence-electron chi connectivity index (χ3n) is 3.30. The van der Waals surface area contributed by atoms with Crippen molar-refractivity contribution in [2.45, 2.75) is 25.7 Å². The normalized spacial score (nSPS) is 17.1. The van der Waals surface area contributed by atoms with E-state index >= 15 is 0 Å². The van der Waals surface area contributed by atoms with Crippen LogP contribution in [0.25, 0.3) is 0 Å². The van der Waals surface area contributed by atoms with Crippen molar-refractivity contribution in [2.75, 3.05) is 18.0 Å². The second-order valence-electron chi connectivity index (χ2n) is 4.54. The summed E-state index contributed by atoms with van der Waals surface area (Å²) in [6.07, 6.45) is 7.30. The van der Waals surface area contributed by atoms with Crippen molar-refractivity contribution in [2.24, 2.45) is 0 Å². The zero-order valence-electron chi connectivity index (χ0n) is 10.3. The smallest absolute Gasteiger partial charge is 0.229 e. The molecule has 0 unspecified atom stereocenters. The molecule has 0 aromatic carbocycles. The van der Waals surface area contributed by atoms with Crippen LogP contribution in [0.5, 0.6) is 0 Å². The Labute approximate surface area is 105 Å². The second-order valence-corrected chi connectivity index (χ2v) is 4.54. The third-order valence-corrected chi connectivity index (χ3v) is 3.30. The maximum Gasteiger partial charge on any atom is 0.229 e. The lowest BCUT2D eigenvalue weighted by molar-refractivity contribution is 0.327. The molecule has 0 radical (unpaired) electrons. The second kappa shape index (κ2) is 4.72. The first-order chi connectivity index (χ1) is 8.83. The van der Waals surface area contributed by atoms with Gasteiger partial charge in [-0.15, -0.1) is 0 Å². The van der Waals surface area contributed by atoms with Crippen LogP contribution in [0.2, 0.25) is 0 Å². The quantitative estimate of drug-likeness (QED) is 0.799. The van der Waals surface area contributed by atoms with E-state index in [2.05, 4.69) is 25.0 Å². The molecule has 0 saturated carbocycles. The van der Waals surface area contributed by atoms with Gasteiger partial charge in [0.25, 0.3) is 0 Å². The van der Waals surface area contributed by atoms with Crippen LogP contribution in [-0.2, 0) is 0 Å². The summed E-state index contributed by atoms with van der Waals surface area (Å²) in [6.45, 7) is 3.79. The van der Waals surface area contributed by atoms with Gasteiger partial charge in [0.2, 0.25) is 5.89 Å². The first kappa shape index (κ1) is 11.1. The highest BCUT2D eigenvalue weighted by Gasteiger charge is 2.25. The van der Waals surface area contributed by atoms with Gasteiger partial charge in [0, 0.05) is 19.0 Å². The third kappa shape index (κ3) is 2.18. The van der Waals surface area contributed by atoms with Gasteiger partial charge < -0.3 is 9.42 Å². The highest BCUT2D eigenvalue weighted by atomic mass is 16.5. The number of nitrogens with zero attached hydrogens (tertiary/aromatic N) is 5. The number of aromatic nitrogens is 4. The molecule has 6 nitrogen and oxygen atoms in total. The predicted octanol–water partition coefficient (Wildman–Crippen LogP) is 1.55. The molecule has 0 amide bonds. The van der Waals surface area contributed by atoms with Crippen LogP contribution in [0, 0.1) is 6.92 Å². The van der Waals surface area contributed by atoms with Crippen molar-refractivity contribution >= 4 is 5.69 Å². The van der Waals surface area contributed by atoms with Gasteiger partial charge in [-0.05, 0) is 19.8 Å². The minimum atomic E-state index is 0.382. The summed E-state index contributed by atoms with van der Waals surface area (Å²) in [5.74, 6) is 1.87. The lowest BCUT2D eigenvalue weighted by atomic mass is 9.96. The molecule has 1 saturated heterocycles. The standard InChI is InChI=1S/C12H15N5O/c1-9-15-12(18-16-9)10-2-4-17(5-3-10)11-6-13-8-14-7-11/h6-8,10H,2-5H2,1H3. The topological polar surface area (TPSA) is 67.9 Å². The van der Waals surface area contributed by atoms with Crippen molar-refractivity contribution in [1.29, 1.82) is 0 Å². The molecular weight excluding hydrogens is 230 g/mol. The van der Waals surface area contributed by atoms with E-state index < -0.39 is 0 Å². The Morgan fingerprint density at radius 2 is 1.94 bits per heavy atom. The maximum absolute atomic E-state index is 5.24.